The lowest BCUT2D eigenvalue weighted by atomic mass is 9.96. The van der Waals surface area contributed by atoms with E-state index in [9.17, 15) is 5.11 Å². The first-order chi connectivity index (χ1) is 14.3. The number of hydrogen-bond acceptors (Lipinski definition) is 7. The van der Waals surface area contributed by atoms with E-state index in [1.807, 2.05) is 0 Å². The Kier molecular flexibility index (Phi) is 5.72. The van der Waals surface area contributed by atoms with Gasteiger partial charge in [-0.1, -0.05) is 12.1 Å². The third kappa shape index (κ3) is 4.28. The number of aliphatic hydroxyl groups excluding tert-OH is 1. The number of benzene rings is 1. The summed E-state index contributed by atoms with van der Waals surface area (Å²) in [6.45, 7) is 4.37. The molecule has 2 N–H and O–H groups in total. The maximum Gasteiger partial charge on any atom is 0.187 e. The first kappa shape index (κ1) is 19.3. The molecule has 3 aliphatic rings. The number of fused-ring (bicyclic) bond motifs is 1. The zero-order valence-corrected chi connectivity index (χ0v) is 17.5. The van der Waals surface area contributed by atoms with E-state index in [0.717, 1.165) is 87.2 Å². The smallest absolute Gasteiger partial charge is 0.187 e. The van der Waals surface area contributed by atoms with Crippen LogP contribution < -0.4 is 10.1 Å². The Labute approximate surface area is 175 Å². The van der Waals surface area contributed by atoms with Gasteiger partial charge in [0, 0.05) is 30.1 Å². The summed E-state index contributed by atoms with van der Waals surface area (Å²) < 4.78 is 12.0. The number of nitrogens with one attached hydrogen (secondary N) is 1. The van der Waals surface area contributed by atoms with Crippen LogP contribution in [0, 0.1) is 0 Å². The monoisotopic (exact) mass is 415 g/mol. The molecular weight excluding hydrogens is 386 g/mol. The van der Waals surface area contributed by atoms with E-state index in [2.05, 4.69) is 28.4 Å². The quantitative estimate of drug-likeness (QED) is 0.743. The first-order valence-corrected chi connectivity index (χ1v) is 11.6. The van der Waals surface area contributed by atoms with Crippen molar-refractivity contribution in [3.63, 3.8) is 0 Å². The second-order valence-corrected chi connectivity index (χ2v) is 9.30. The van der Waals surface area contributed by atoms with Crippen molar-refractivity contribution in [2.24, 2.45) is 0 Å². The van der Waals surface area contributed by atoms with Crippen LogP contribution in [0.4, 0.5) is 10.8 Å². The SMILES string of the molecule is OC1CCCc2sc(Nc3cccc(CN4CCOCC4)c3OC3CCC3)nc21. The molecule has 1 saturated heterocycles. The van der Waals surface area contributed by atoms with Crippen LogP contribution in [0.25, 0.3) is 0 Å². The van der Waals surface area contributed by atoms with Gasteiger partial charge in [-0.25, -0.2) is 4.98 Å². The molecule has 0 radical (unpaired) electrons. The minimum absolute atomic E-state index is 0.313. The molecular formula is C22H29N3O3S. The average molecular weight is 416 g/mol. The molecule has 156 valence electrons. The van der Waals surface area contributed by atoms with Crippen molar-refractivity contribution in [2.45, 2.75) is 57.3 Å². The molecule has 0 bridgehead atoms. The summed E-state index contributed by atoms with van der Waals surface area (Å²) in [6.07, 6.45) is 6.23. The van der Waals surface area contributed by atoms with Crippen LogP contribution >= 0.6 is 11.3 Å². The van der Waals surface area contributed by atoms with E-state index >= 15 is 0 Å². The summed E-state index contributed by atoms with van der Waals surface area (Å²) in [6, 6.07) is 6.34. The van der Waals surface area contributed by atoms with Gasteiger partial charge in [-0.3, -0.25) is 4.90 Å². The standard InChI is InChI=1S/C22H29N3O3S/c26-18-8-3-9-19-20(18)24-22(29-19)23-17-7-1-4-15(14-25-10-12-27-13-11-25)21(17)28-16-5-2-6-16/h1,4,7,16,18,26H,2-3,5-6,8-14H2,(H,23,24). The molecule has 7 heteroatoms. The highest BCUT2D eigenvalue weighted by atomic mass is 32.1. The molecule has 1 aromatic heterocycles. The number of anilines is 2. The van der Waals surface area contributed by atoms with Crippen molar-refractivity contribution in [3.05, 3.63) is 34.3 Å². The van der Waals surface area contributed by atoms with Gasteiger partial charge in [-0.05, 0) is 44.6 Å². The number of thiazole rings is 1. The fraction of sp³-hybridized carbons (Fsp3) is 0.591. The van der Waals surface area contributed by atoms with Crippen molar-refractivity contribution in [3.8, 4) is 5.75 Å². The minimum Gasteiger partial charge on any atom is -0.488 e. The summed E-state index contributed by atoms with van der Waals surface area (Å²) in [4.78, 5) is 8.33. The third-order valence-electron chi connectivity index (χ3n) is 6.10. The highest BCUT2D eigenvalue weighted by molar-refractivity contribution is 7.15. The second kappa shape index (κ2) is 8.60. The predicted molar refractivity (Wildman–Crippen MR) is 114 cm³/mol. The molecule has 1 atom stereocenters. The van der Waals surface area contributed by atoms with Crippen molar-refractivity contribution in [1.82, 2.24) is 9.88 Å². The molecule has 0 amide bonds. The Bertz CT molecular complexity index is 846. The Balaban J connectivity index is 1.41. The molecule has 1 saturated carbocycles. The average Bonchev–Trinajstić information content (AvgIpc) is 3.11. The summed E-state index contributed by atoms with van der Waals surface area (Å²) >= 11 is 1.66. The fourth-order valence-corrected chi connectivity index (χ4v) is 5.24. The van der Waals surface area contributed by atoms with Gasteiger partial charge in [-0.15, -0.1) is 11.3 Å². The van der Waals surface area contributed by atoms with E-state index in [4.69, 9.17) is 14.5 Å². The number of para-hydroxylation sites is 1. The topological polar surface area (TPSA) is 66.9 Å². The lowest BCUT2D eigenvalue weighted by Crippen LogP contribution is -2.36. The van der Waals surface area contributed by atoms with Crippen molar-refractivity contribution < 1.29 is 14.6 Å². The molecule has 1 aromatic carbocycles. The van der Waals surface area contributed by atoms with Gasteiger partial charge in [0.15, 0.2) is 5.13 Å². The number of morpholine rings is 1. The number of aryl methyl sites for hydroxylation is 1. The van der Waals surface area contributed by atoms with E-state index in [1.165, 1.54) is 16.9 Å². The third-order valence-corrected chi connectivity index (χ3v) is 7.14. The number of aromatic nitrogens is 1. The summed E-state index contributed by atoms with van der Waals surface area (Å²) in [5, 5.41) is 14.6. The summed E-state index contributed by atoms with van der Waals surface area (Å²) in [5.74, 6) is 0.956. The number of nitrogens with zero attached hydrogens (tertiary/aromatic N) is 2. The fourth-order valence-electron chi connectivity index (χ4n) is 4.17. The Morgan fingerprint density at radius 1 is 1.21 bits per heavy atom. The molecule has 2 aliphatic carbocycles. The largest absolute Gasteiger partial charge is 0.488 e. The van der Waals surface area contributed by atoms with Crippen molar-refractivity contribution in [2.75, 3.05) is 31.6 Å². The van der Waals surface area contributed by atoms with Gasteiger partial charge >= 0.3 is 0 Å². The molecule has 2 fully saturated rings. The molecule has 5 rings (SSSR count). The molecule has 2 heterocycles. The van der Waals surface area contributed by atoms with E-state index < -0.39 is 6.10 Å². The molecule has 0 spiro atoms. The number of rotatable bonds is 6. The highest BCUT2D eigenvalue weighted by Crippen LogP contribution is 2.40. The lowest BCUT2D eigenvalue weighted by Gasteiger charge is -2.31. The zero-order chi connectivity index (χ0) is 19.6. The van der Waals surface area contributed by atoms with E-state index in [0.29, 0.717) is 6.10 Å². The number of aliphatic hydroxyl groups is 1. The van der Waals surface area contributed by atoms with Crippen molar-refractivity contribution in [1.29, 1.82) is 0 Å². The van der Waals surface area contributed by atoms with Crippen LogP contribution in [0.3, 0.4) is 0 Å². The highest BCUT2D eigenvalue weighted by Gasteiger charge is 2.26. The molecule has 1 unspecified atom stereocenters. The predicted octanol–water partition coefficient (Wildman–Crippen LogP) is 4.02. The molecule has 2 aromatic rings. The maximum absolute atomic E-state index is 10.3. The Morgan fingerprint density at radius 2 is 2.07 bits per heavy atom. The van der Waals surface area contributed by atoms with Gasteiger partial charge in [-0.2, -0.15) is 0 Å². The minimum atomic E-state index is -0.427. The van der Waals surface area contributed by atoms with Crippen LogP contribution in [0.15, 0.2) is 18.2 Å². The van der Waals surface area contributed by atoms with Gasteiger partial charge in [0.05, 0.1) is 36.8 Å². The maximum atomic E-state index is 10.3. The zero-order valence-electron chi connectivity index (χ0n) is 16.7. The summed E-state index contributed by atoms with van der Waals surface area (Å²) in [7, 11) is 0. The normalized spacial score (nSPS) is 22.7. The van der Waals surface area contributed by atoms with Crippen molar-refractivity contribution >= 4 is 22.2 Å². The molecule has 6 nitrogen and oxygen atoms in total. The Morgan fingerprint density at radius 3 is 2.83 bits per heavy atom. The van der Waals surface area contributed by atoms with Gasteiger partial charge in [0.25, 0.3) is 0 Å². The number of hydrogen-bond donors (Lipinski definition) is 2. The molecule has 1 aliphatic heterocycles. The van der Waals surface area contributed by atoms with E-state index in [1.54, 1.807) is 11.3 Å². The Hall–Kier alpha value is -1.67. The number of ether oxygens (including phenoxy) is 2. The van der Waals surface area contributed by atoms with Gasteiger partial charge < -0.3 is 19.9 Å². The summed E-state index contributed by atoms with van der Waals surface area (Å²) in [5.41, 5.74) is 3.04. The lowest BCUT2D eigenvalue weighted by molar-refractivity contribution is 0.0332. The van der Waals surface area contributed by atoms with Crippen LogP contribution in [-0.4, -0.2) is 47.4 Å². The van der Waals surface area contributed by atoms with Crippen LogP contribution in [-0.2, 0) is 17.7 Å². The van der Waals surface area contributed by atoms with Crippen LogP contribution in [0.2, 0.25) is 0 Å². The second-order valence-electron chi connectivity index (χ2n) is 8.21. The first-order valence-electron chi connectivity index (χ1n) is 10.8. The van der Waals surface area contributed by atoms with Crippen LogP contribution in [0.1, 0.15) is 54.3 Å². The van der Waals surface area contributed by atoms with E-state index in [-0.39, 0.29) is 0 Å². The van der Waals surface area contributed by atoms with Gasteiger partial charge in [0.1, 0.15) is 5.75 Å². The van der Waals surface area contributed by atoms with Crippen LogP contribution in [0.5, 0.6) is 5.75 Å². The van der Waals surface area contributed by atoms with Gasteiger partial charge in [0.2, 0.25) is 0 Å². The molecule has 29 heavy (non-hydrogen) atoms.